The van der Waals surface area contributed by atoms with Crippen molar-refractivity contribution >= 4 is 22.4 Å². The Morgan fingerprint density at radius 2 is 1.62 bits per heavy atom. The summed E-state index contributed by atoms with van der Waals surface area (Å²) in [7, 11) is 0. The molecule has 2 aromatic carbocycles. The van der Waals surface area contributed by atoms with E-state index in [9.17, 15) is 31.1 Å². The maximum Gasteiger partial charge on any atom is 0.416 e. The molecule has 0 spiro atoms. The number of hydrogen-bond donors (Lipinski definition) is 1. The minimum Gasteiger partial charge on any atom is -0.370 e. The quantitative estimate of drug-likeness (QED) is 0.275. The first-order valence-corrected chi connectivity index (χ1v) is 13.4. The van der Waals surface area contributed by atoms with Crippen LogP contribution in [0.3, 0.4) is 0 Å². The van der Waals surface area contributed by atoms with E-state index in [0.29, 0.717) is 43.8 Å². The number of nitrogens with zero attached hydrogens (tertiary/aromatic N) is 4. The second kappa shape index (κ2) is 10.5. The average Bonchev–Trinajstić information content (AvgIpc) is 3.38. The molecule has 6 rings (SSSR count). The van der Waals surface area contributed by atoms with E-state index < -0.39 is 41.0 Å². The van der Waals surface area contributed by atoms with E-state index in [-0.39, 0.29) is 18.7 Å². The standard InChI is InChI=1S/C30H25F6N5O/c31-29(32,33)21-10-19(11-22(13-21)30(34,35)36)28(42)41-17-23-7-6-18(27-37-8-3-9-38-27)15-40(23)16-24(41)12-20-14-39-26-5-2-1-4-25(20)26/h1-5,8-11,13-15,23-24,39H,6-7,12,16-17H2/t23-,24-/m1/s1. The fourth-order valence-corrected chi connectivity index (χ4v) is 5.83. The normalized spacial score (nSPS) is 19.5. The van der Waals surface area contributed by atoms with Gasteiger partial charge in [-0.2, -0.15) is 26.3 Å². The number of piperazine rings is 1. The summed E-state index contributed by atoms with van der Waals surface area (Å²) in [5.41, 5.74) is -0.974. The molecule has 2 atom stereocenters. The van der Waals surface area contributed by atoms with Gasteiger partial charge in [-0.25, -0.2) is 9.97 Å². The lowest BCUT2D eigenvalue weighted by Crippen LogP contribution is -2.59. The number of rotatable bonds is 4. The molecule has 0 bridgehead atoms. The van der Waals surface area contributed by atoms with E-state index in [1.807, 2.05) is 36.7 Å². The highest BCUT2D eigenvalue weighted by Gasteiger charge is 2.41. The molecule has 1 amide bonds. The third-order valence-electron chi connectivity index (χ3n) is 7.89. The van der Waals surface area contributed by atoms with Crippen molar-refractivity contribution in [3.8, 4) is 0 Å². The molecule has 4 heterocycles. The highest BCUT2D eigenvalue weighted by atomic mass is 19.4. The lowest BCUT2D eigenvalue weighted by molar-refractivity contribution is -0.143. The Kier molecular flexibility index (Phi) is 6.94. The second-order valence-corrected chi connectivity index (χ2v) is 10.6. The average molecular weight is 586 g/mol. The largest absolute Gasteiger partial charge is 0.416 e. The molecule has 0 aliphatic carbocycles. The summed E-state index contributed by atoms with van der Waals surface area (Å²) in [4.78, 5) is 29.2. The van der Waals surface area contributed by atoms with E-state index in [1.54, 1.807) is 18.5 Å². The summed E-state index contributed by atoms with van der Waals surface area (Å²) in [6.07, 6.45) is -1.46. The van der Waals surface area contributed by atoms with Crippen molar-refractivity contribution in [3.05, 3.63) is 101 Å². The van der Waals surface area contributed by atoms with Crippen LogP contribution < -0.4 is 0 Å². The number of benzene rings is 2. The molecule has 2 aliphatic rings. The van der Waals surface area contributed by atoms with Gasteiger partial charge in [-0.3, -0.25) is 4.79 Å². The van der Waals surface area contributed by atoms with Crippen molar-refractivity contribution in [1.82, 2.24) is 24.8 Å². The zero-order valence-electron chi connectivity index (χ0n) is 22.1. The van der Waals surface area contributed by atoms with Crippen LogP contribution in [0.1, 0.15) is 45.7 Å². The SMILES string of the molecule is O=C(c1cc(C(F)(F)F)cc(C(F)(F)F)c1)N1C[C@H]2CCC(c3ncccn3)=CN2C[C@H]1Cc1c[nH]c2ccccc12. The molecule has 218 valence electrons. The van der Waals surface area contributed by atoms with Gasteiger partial charge >= 0.3 is 12.4 Å². The number of H-pyrrole nitrogens is 1. The van der Waals surface area contributed by atoms with Crippen LogP contribution in [-0.2, 0) is 18.8 Å². The first-order chi connectivity index (χ1) is 20.0. The Bertz CT molecular complexity index is 1610. The maximum atomic E-state index is 13.9. The Labute approximate surface area is 236 Å². The highest BCUT2D eigenvalue weighted by molar-refractivity contribution is 5.95. The van der Waals surface area contributed by atoms with E-state index in [1.165, 1.54) is 4.90 Å². The summed E-state index contributed by atoms with van der Waals surface area (Å²) < 4.78 is 81.6. The Hall–Kier alpha value is -4.35. The molecule has 42 heavy (non-hydrogen) atoms. The molecule has 1 saturated heterocycles. The van der Waals surface area contributed by atoms with E-state index in [0.717, 1.165) is 22.0 Å². The zero-order chi connectivity index (χ0) is 29.6. The van der Waals surface area contributed by atoms with Gasteiger partial charge in [0, 0.05) is 66.0 Å². The van der Waals surface area contributed by atoms with Gasteiger partial charge in [0.1, 0.15) is 0 Å². The minimum absolute atomic E-state index is 0.0389. The number of para-hydroxylation sites is 1. The van der Waals surface area contributed by atoms with Crippen LogP contribution in [0.4, 0.5) is 26.3 Å². The topological polar surface area (TPSA) is 65.1 Å². The van der Waals surface area contributed by atoms with Gasteiger partial charge in [0.15, 0.2) is 5.82 Å². The smallest absolute Gasteiger partial charge is 0.370 e. The molecule has 1 N–H and O–H groups in total. The lowest BCUT2D eigenvalue weighted by Gasteiger charge is -2.48. The second-order valence-electron chi connectivity index (χ2n) is 10.6. The molecule has 12 heteroatoms. The maximum absolute atomic E-state index is 13.9. The number of fused-ring (bicyclic) bond motifs is 2. The van der Waals surface area contributed by atoms with Gasteiger partial charge in [0.2, 0.25) is 0 Å². The van der Waals surface area contributed by atoms with Crippen molar-refractivity contribution in [3.63, 3.8) is 0 Å². The fourth-order valence-electron chi connectivity index (χ4n) is 5.83. The molecule has 2 aromatic heterocycles. The lowest BCUT2D eigenvalue weighted by atomic mass is 9.92. The van der Waals surface area contributed by atoms with Crippen molar-refractivity contribution in [2.75, 3.05) is 13.1 Å². The number of aromatic nitrogens is 3. The number of halogens is 6. The molecule has 1 fully saturated rings. The molecular formula is C30H25F6N5O. The fraction of sp³-hybridized carbons (Fsp3) is 0.300. The predicted molar refractivity (Wildman–Crippen MR) is 143 cm³/mol. The zero-order valence-corrected chi connectivity index (χ0v) is 22.1. The minimum atomic E-state index is -5.05. The summed E-state index contributed by atoms with van der Waals surface area (Å²) >= 11 is 0. The number of alkyl halides is 6. The van der Waals surface area contributed by atoms with E-state index in [2.05, 4.69) is 19.9 Å². The Balaban J connectivity index is 1.38. The number of hydrogen-bond acceptors (Lipinski definition) is 4. The van der Waals surface area contributed by atoms with Gasteiger partial charge in [0.25, 0.3) is 5.91 Å². The van der Waals surface area contributed by atoms with E-state index >= 15 is 0 Å². The van der Waals surface area contributed by atoms with Crippen LogP contribution in [0.5, 0.6) is 0 Å². The summed E-state index contributed by atoms with van der Waals surface area (Å²) in [6, 6.07) is 9.65. The molecule has 6 nitrogen and oxygen atoms in total. The molecular weight excluding hydrogens is 560 g/mol. The van der Waals surface area contributed by atoms with Crippen LogP contribution in [0, 0.1) is 0 Å². The summed E-state index contributed by atoms with van der Waals surface area (Å²) in [5, 5.41) is 0.929. The highest BCUT2D eigenvalue weighted by Crippen LogP contribution is 2.38. The van der Waals surface area contributed by atoms with Crippen LogP contribution in [-0.4, -0.2) is 55.8 Å². The van der Waals surface area contributed by atoms with Gasteiger partial charge in [-0.1, -0.05) is 18.2 Å². The number of allylic oxidation sites excluding steroid dienone is 1. The van der Waals surface area contributed by atoms with Gasteiger partial charge in [0.05, 0.1) is 17.2 Å². The van der Waals surface area contributed by atoms with Gasteiger partial charge in [-0.05, 0) is 55.2 Å². The third kappa shape index (κ3) is 5.45. The Morgan fingerprint density at radius 3 is 2.31 bits per heavy atom. The first-order valence-electron chi connectivity index (χ1n) is 13.4. The van der Waals surface area contributed by atoms with Crippen molar-refractivity contribution < 1.29 is 31.1 Å². The molecule has 0 saturated carbocycles. The molecule has 2 aliphatic heterocycles. The summed E-state index contributed by atoms with van der Waals surface area (Å²) in [5.74, 6) is -0.274. The summed E-state index contributed by atoms with van der Waals surface area (Å²) in [6.45, 7) is 0.472. The van der Waals surface area contributed by atoms with Gasteiger partial charge < -0.3 is 14.8 Å². The number of nitrogens with one attached hydrogen (secondary N) is 1. The number of carbonyl (C=O) groups is 1. The van der Waals surface area contributed by atoms with Crippen LogP contribution >= 0.6 is 0 Å². The van der Waals surface area contributed by atoms with Crippen LogP contribution in [0.25, 0.3) is 16.5 Å². The number of amides is 1. The van der Waals surface area contributed by atoms with Crippen molar-refractivity contribution in [2.24, 2.45) is 0 Å². The van der Waals surface area contributed by atoms with E-state index in [4.69, 9.17) is 0 Å². The molecule has 4 aromatic rings. The predicted octanol–water partition coefficient (Wildman–Crippen LogP) is 6.57. The molecule has 0 radical (unpaired) electrons. The third-order valence-corrected chi connectivity index (χ3v) is 7.89. The van der Waals surface area contributed by atoms with Crippen molar-refractivity contribution in [2.45, 2.75) is 43.7 Å². The molecule has 0 unspecified atom stereocenters. The van der Waals surface area contributed by atoms with Crippen molar-refractivity contribution in [1.29, 1.82) is 0 Å². The Morgan fingerprint density at radius 1 is 0.929 bits per heavy atom. The number of carbonyl (C=O) groups excluding carboxylic acids is 1. The monoisotopic (exact) mass is 585 g/mol. The van der Waals surface area contributed by atoms with Crippen LogP contribution in [0.15, 0.2) is 73.3 Å². The van der Waals surface area contributed by atoms with Gasteiger partial charge in [-0.15, -0.1) is 0 Å². The first kappa shape index (κ1) is 27.8. The number of aromatic amines is 1. The van der Waals surface area contributed by atoms with Crippen LogP contribution in [0.2, 0.25) is 0 Å².